The van der Waals surface area contributed by atoms with Crippen LogP contribution < -0.4 is 0 Å². The minimum Gasteiger partial charge on any atom is -0.265 e. The molecule has 26 heavy (non-hydrogen) atoms. The van der Waals surface area contributed by atoms with Gasteiger partial charge in [0.15, 0.2) is 5.82 Å². The largest absolute Gasteiger partial charge is 0.265 e. The van der Waals surface area contributed by atoms with Crippen molar-refractivity contribution >= 4 is 31.9 Å². The van der Waals surface area contributed by atoms with E-state index >= 15 is 0 Å². The minimum atomic E-state index is -3.55. The number of hydrogen-bond donors (Lipinski definition) is 0. The van der Waals surface area contributed by atoms with Gasteiger partial charge in [-0.15, -0.1) is 21.5 Å². The number of aromatic nitrogens is 4. The molecule has 4 rings (SSSR count). The molecular formula is C18H16N4O2S2. The van der Waals surface area contributed by atoms with E-state index in [1.807, 2.05) is 56.3 Å². The van der Waals surface area contributed by atoms with E-state index in [0.717, 1.165) is 32.6 Å². The zero-order valence-electron chi connectivity index (χ0n) is 14.5. The molecule has 0 atom stereocenters. The maximum Gasteiger partial charge on any atom is 0.254 e. The van der Waals surface area contributed by atoms with Crippen molar-refractivity contribution in [3.05, 3.63) is 53.2 Å². The van der Waals surface area contributed by atoms with Crippen LogP contribution in [0.2, 0.25) is 0 Å². The van der Waals surface area contributed by atoms with E-state index < -0.39 is 9.84 Å². The normalized spacial score (nSPS) is 12.0. The Balaban J connectivity index is 2.04. The Bertz CT molecular complexity index is 1240. The van der Waals surface area contributed by atoms with E-state index in [1.54, 1.807) is 4.57 Å². The number of thiazole rings is 1. The summed E-state index contributed by atoms with van der Waals surface area (Å²) in [5, 5.41) is 11.1. The summed E-state index contributed by atoms with van der Waals surface area (Å²) in [7, 11) is -3.55. The van der Waals surface area contributed by atoms with Crippen molar-refractivity contribution in [2.24, 2.45) is 0 Å². The first-order valence-corrected chi connectivity index (χ1v) is 10.6. The molecule has 0 saturated heterocycles. The van der Waals surface area contributed by atoms with Crippen LogP contribution in [-0.2, 0) is 9.84 Å². The van der Waals surface area contributed by atoms with Crippen LogP contribution in [0, 0.1) is 13.8 Å². The lowest BCUT2D eigenvalue weighted by atomic mass is 10.1. The van der Waals surface area contributed by atoms with Crippen molar-refractivity contribution in [2.45, 2.75) is 19.0 Å². The van der Waals surface area contributed by atoms with Gasteiger partial charge in [0.25, 0.3) is 5.16 Å². The highest BCUT2D eigenvalue weighted by atomic mass is 32.2. The van der Waals surface area contributed by atoms with Crippen LogP contribution in [0.5, 0.6) is 0 Å². The van der Waals surface area contributed by atoms with Crippen molar-refractivity contribution in [3.8, 4) is 16.4 Å². The smallest absolute Gasteiger partial charge is 0.254 e. The van der Waals surface area contributed by atoms with Crippen molar-refractivity contribution < 1.29 is 8.42 Å². The number of benzene rings is 2. The highest BCUT2D eigenvalue weighted by molar-refractivity contribution is 7.90. The molecule has 0 N–H and O–H groups in total. The first kappa shape index (κ1) is 16.9. The molecule has 2 aromatic heterocycles. The monoisotopic (exact) mass is 384 g/mol. The van der Waals surface area contributed by atoms with E-state index in [9.17, 15) is 8.42 Å². The van der Waals surface area contributed by atoms with Gasteiger partial charge in [-0.3, -0.25) is 4.57 Å². The van der Waals surface area contributed by atoms with Gasteiger partial charge in [-0.1, -0.05) is 30.3 Å². The van der Waals surface area contributed by atoms with Crippen LogP contribution in [-0.4, -0.2) is 34.4 Å². The highest BCUT2D eigenvalue weighted by Gasteiger charge is 2.25. The average molecular weight is 384 g/mol. The molecule has 0 spiro atoms. The molecule has 0 aliphatic heterocycles. The summed E-state index contributed by atoms with van der Waals surface area (Å²) >= 11 is 1.47. The fraction of sp³-hybridized carbons (Fsp3) is 0.167. The Morgan fingerprint density at radius 3 is 2.38 bits per heavy atom. The lowest BCUT2D eigenvalue weighted by Crippen LogP contribution is -2.08. The van der Waals surface area contributed by atoms with Gasteiger partial charge in [0.2, 0.25) is 9.84 Å². The quantitative estimate of drug-likeness (QED) is 0.540. The van der Waals surface area contributed by atoms with Crippen LogP contribution in [0.1, 0.15) is 10.7 Å². The van der Waals surface area contributed by atoms with E-state index in [-0.39, 0.29) is 5.16 Å². The van der Waals surface area contributed by atoms with Crippen LogP contribution in [0.15, 0.2) is 47.6 Å². The van der Waals surface area contributed by atoms with Crippen LogP contribution in [0.3, 0.4) is 0 Å². The van der Waals surface area contributed by atoms with Gasteiger partial charge in [0, 0.05) is 6.26 Å². The van der Waals surface area contributed by atoms with Gasteiger partial charge in [0.05, 0.1) is 21.3 Å². The number of hydrogen-bond acceptors (Lipinski definition) is 6. The molecule has 0 radical (unpaired) electrons. The zero-order chi connectivity index (χ0) is 18.5. The lowest BCUT2D eigenvalue weighted by Gasteiger charge is -2.10. The van der Waals surface area contributed by atoms with Gasteiger partial charge < -0.3 is 0 Å². The fourth-order valence-electron chi connectivity index (χ4n) is 2.94. The van der Waals surface area contributed by atoms with Gasteiger partial charge in [-0.25, -0.2) is 13.4 Å². The van der Waals surface area contributed by atoms with E-state index in [2.05, 4.69) is 15.2 Å². The Labute approximate surface area is 155 Å². The number of sulfone groups is 1. The first-order valence-electron chi connectivity index (χ1n) is 7.93. The molecule has 0 saturated carbocycles. The Kier molecular flexibility index (Phi) is 3.89. The SMILES string of the molecule is Cc1nc(C)c(-c2nnc(S(C)(=O)=O)n2-c2ccc3ccccc3c2)s1. The molecule has 0 unspecified atom stereocenters. The van der Waals surface area contributed by atoms with Crippen molar-refractivity contribution in [1.82, 2.24) is 19.7 Å². The molecule has 132 valence electrons. The summed E-state index contributed by atoms with van der Waals surface area (Å²) in [5.74, 6) is 0.490. The standard InChI is InChI=1S/C18H16N4O2S2/c1-11-16(25-12(2)19-11)17-20-21-18(26(3,23)24)22(17)15-9-8-13-6-4-5-7-14(13)10-15/h4-10H,1-3H3. The molecule has 8 heteroatoms. The first-order chi connectivity index (χ1) is 12.3. The van der Waals surface area contributed by atoms with Crippen LogP contribution >= 0.6 is 11.3 Å². The van der Waals surface area contributed by atoms with Gasteiger partial charge in [-0.2, -0.15) is 0 Å². The molecule has 0 amide bonds. The highest BCUT2D eigenvalue weighted by Crippen LogP contribution is 2.32. The third kappa shape index (κ3) is 2.81. The number of aryl methyl sites for hydroxylation is 2. The van der Waals surface area contributed by atoms with E-state index in [1.165, 1.54) is 11.3 Å². The Hall–Kier alpha value is -2.58. The third-order valence-corrected chi connectivity index (χ3v) is 6.06. The maximum atomic E-state index is 12.3. The Morgan fingerprint density at radius 1 is 1.00 bits per heavy atom. The van der Waals surface area contributed by atoms with Crippen molar-refractivity contribution in [3.63, 3.8) is 0 Å². The van der Waals surface area contributed by atoms with Crippen LogP contribution in [0.25, 0.3) is 27.2 Å². The molecule has 0 fully saturated rings. The fourth-order valence-corrected chi connectivity index (χ4v) is 4.55. The number of rotatable bonds is 3. The number of nitrogens with zero attached hydrogens (tertiary/aromatic N) is 4. The predicted molar refractivity (Wildman–Crippen MR) is 103 cm³/mol. The summed E-state index contributed by atoms with van der Waals surface area (Å²) in [6.45, 7) is 3.80. The second-order valence-corrected chi connectivity index (χ2v) is 9.21. The molecule has 2 aromatic carbocycles. The molecule has 0 aliphatic rings. The third-order valence-electron chi connectivity index (χ3n) is 4.06. The second kappa shape index (κ2) is 6.00. The average Bonchev–Trinajstić information content (AvgIpc) is 3.17. The molecule has 6 nitrogen and oxygen atoms in total. The maximum absolute atomic E-state index is 12.3. The molecule has 0 bridgehead atoms. The predicted octanol–water partition coefficient (Wildman–Crippen LogP) is 3.56. The second-order valence-electron chi connectivity index (χ2n) is 6.09. The zero-order valence-corrected chi connectivity index (χ0v) is 16.1. The molecule has 4 aromatic rings. The summed E-state index contributed by atoms with van der Waals surface area (Å²) in [4.78, 5) is 5.25. The Morgan fingerprint density at radius 2 is 1.73 bits per heavy atom. The van der Waals surface area contributed by atoms with Gasteiger partial charge in [-0.05, 0) is 36.8 Å². The van der Waals surface area contributed by atoms with E-state index in [4.69, 9.17) is 0 Å². The van der Waals surface area contributed by atoms with Gasteiger partial charge >= 0.3 is 0 Å². The van der Waals surface area contributed by atoms with Crippen molar-refractivity contribution in [2.75, 3.05) is 6.26 Å². The molecule has 0 aliphatic carbocycles. The molecular weight excluding hydrogens is 368 g/mol. The molecule has 2 heterocycles. The number of fused-ring (bicyclic) bond motifs is 1. The van der Waals surface area contributed by atoms with Crippen molar-refractivity contribution in [1.29, 1.82) is 0 Å². The van der Waals surface area contributed by atoms with Gasteiger partial charge in [0.1, 0.15) is 0 Å². The summed E-state index contributed by atoms with van der Waals surface area (Å²) in [5.41, 5.74) is 1.51. The summed E-state index contributed by atoms with van der Waals surface area (Å²) < 4.78 is 26.2. The lowest BCUT2D eigenvalue weighted by molar-refractivity contribution is 0.589. The minimum absolute atomic E-state index is 0.0757. The van der Waals surface area contributed by atoms with Crippen LogP contribution in [0.4, 0.5) is 0 Å². The summed E-state index contributed by atoms with van der Waals surface area (Å²) in [6.07, 6.45) is 1.14. The topological polar surface area (TPSA) is 77.7 Å². The summed E-state index contributed by atoms with van der Waals surface area (Å²) in [6, 6.07) is 13.7. The van der Waals surface area contributed by atoms with E-state index in [0.29, 0.717) is 11.5 Å².